The largest absolute Gasteiger partial charge is 0.436 e. The Morgan fingerprint density at radius 1 is 1.28 bits per heavy atom. The van der Waals surface area contributed by atoms with E-state index in [0.29, 0.717) is 11.3 Å². The summed E-state index contributed by atoms with van der Waals surface area (Å²) in [6, 6.07) is 4.98. The second-order valence-corrected chi connectivity index (χ2v) is 7.95. The fourth-order valence-electron chi connectivity index (χ4n) is 4.03. The molecule has 1 unspecified atom stereocenters. The van der Waals surface area contributed by atoms with E-state index in [-0.39, 0.29) is 24.2 Å². The van der Waals surface area contributed by atoms with Gasteiger partial charge in [0.15, 0.2) is 6.10 Å². The van der Waals surface area contributed by atoms with Crippen LogP contribution in [0.3, 0.4) is 0 Å². The summed E-state index contributed by atoms with van der Waals surface area (Å²) in [5.74, 6) is -1.15. The summed E-state index contributed by atoms with van der Waals surface area (Å²) in [5, 5.41) is 11.6. The average molecular weight is 448 g/mol. The number of carbonyl (C=O) groups is 3. The molecule has 1 fully saturated rings. The quantitative estimate of drug-likeness (QED) is 0.739. The summed E-state index contributed by atoms with van der Waals surface area (Å²) in [6.45, 7) is 0.773. The number of halogens is 3. The molecular formula is C22H19F3N2O5. The van der Waals surface area contributed by atoms with Crippen LogP contribution in [0.25, 0.3) is 5.70 Å². The van der Waals surface area contributed by atoms with Gasteiger partial charge in [0.2, 0.25) is 11.7 Å². The first-order valence-electron chi connectivity index (χ1n) is 9.77. The van der Waals surface area contributed by atoms with Crippen molar-refractivity contribution >= 4 is 23.5 Å². The molecule has 0 saturated carbocycles. The second kappa shape index (κ2) is 7.63. The zero-order chi connectivity index (χ0) is 23.3. The second-order valence-electron chi connectivity index (χ2n) is 7.95. The van der Waals surface area contributed by atoms with Crippen LogP contribution in [0.15, 0.2) is 53.8 Å². The molecule has 2 heterocycles. The smallest absolute Gasteiger partial charge is 0.417 e. The number of carbonyl (C=O) groups excluding carboxylic acids is 3. The van der Waals surface area contributed by atoms with Crippen LogP contribution in [0.1, 0.15) is 24.5 Å². The van der Waals surface area contributed by atoms with Crippen molar-refractivity contribution < 1.29 is 37.4 Å². The van der Waals surface area contributed by atoms with E-state index in [4.69, 9.17) is 9.84 Å². The Hall–Kier alpha value is -3.40. The van der Waals surface area contributed by atoms with Crippen LogP contribution in [0.4, 0.5) is 18.0 Å². The van der Waals surface area contributed by atoms with Crippen molar-refractivity contribution in [3.05, 3.63) is 64.9 Å². The Morgan fingerprint density at radius 3 is 2.69 bits per heavy atom. The number of Topliss-reactive ketones (excluding diaryl/α,β-unsaturated/α-hetero) is 1. The molecule has 1 aliphatic carbocycles. The maximum Gasteiger partial charge on any atom is 0.417 e. The lowest BCUT2D eigenvalue weighted by Gasteiger charge is -2.38. The third-order valence-electron chi connectivity index (χ3n) is 5.87. The zero-order valence-electron chi connectivity index (χ0n) is 16.9. The topological polar surface area (TPSA) is 95.9 Å². The number of rotatable bonds is 4. The normalized spacial score (nSPS) is 25.3. The lowest BCUT2D eigenvalue weighted by atomic mass is 9.71. The van der Waals surface area contributed by atoms with Gasteiger partial charge in [0.25, 0.3) is 0 Å². The van der Waals surface area contributed by atoms with Crippen molar-refractivity contribution in [2.24, 2.45) is 5.41 Å². The van der Waals surface area contributed by atoms with Gasteiger partial charge >= 0.3 is 12.3 Å². The summed E-state index contributed by atoms with van der Waals surface area (Å²) >= 11 is 0. The molecule has 168 valence electrons. The minimum atomic E-state index is -4.59. The van der Waals surface area contributed by atoms with E-state index < -0.39 is 47.6 Å². The average Bonchev–Trinajstić information content (AvgIpc) is 3.14. The van der Waals surface area contributed by atoms with Crippen LogP contribution in [0.2, 0.25) is 0 Å². The van der Waals surface area contributed by atoms with E-state index in [1.165, 1.54) is 29.2 Å². The number of alkyl halides is 3. The highest BCUT2D eigenvalue weighted by Crippen LogP contribution is 2.45. The molecule has 4 rings (SSSR count). The Bertz CT molecular complexity index is 1110. The highest BCUT2D eigenvalue weighted by atomic mass is 19.4. The van der Waals surface area contributed by atoms with Crippen molar-refractivity contribution in [1.82, 2.24) is 10.2 Å². The molecule has 0 spiro atoms. The number of nitrogens with one attached hydrogen (secondary N) is 1. The van der Waals surface area contributed by atoms with Crippen LogP contribution >= 0.6 is 0 Å². The van der Waals surface area contributed by atoms with Crippen molar-refractivity contribution in [3.8, 4) is 0 Å². The fourth-order valence-corrected chi connectivity index (χ4v) is 4.03. The van der Waals surface area contributed by atoms with Gasteiger partial charge in [-0.05, 0) is 30.7 Å². The summed E-state index contributed by atoms with van der Waals surface area (Å²) < 4.78 is 45.3. The summed E-state index contributed by atoms with van der Waals surface area (Å²) in [7, 11) is 0. The molecule has 0 radical (unpaired) electrons. The number of ketones is 1. The van der Waals surface area contributed by atoms with Crippen LogP contribution in [0.5, 0.6) is 0 Å². The Morgan fingerprint density at radius 2 is 2.00 bits per heavy atom. The van der Waals surface area contributed by atoms with E-state index in [1.54, 1.807) is 19.1 Å². The number of benzene rings is 1. The van der Waals surface area contributed by atoms with Crippen LogP contribution in [-0.2, 0) is 20.5 Å². The minimum absolute atomic E-state index is 0.0395. The van der Waals surface area contributed by atoms with E-state index in [0.717, 1.165) is 6.07 Å². The zero-order valence-corrected chi connectivity index (χ0v) is 16.9. The number of nitrogens with zero attached hydrogens (tertiary/aromatic N) is 1. The van der Waals surface area contributed by atoms with Gasteiger partial charge in [-0.3, -0.25) is 14.5 Å². The predicted octanol–water partition coefficient (Wildman–Crippen LogP) is 2.78. The van der Waals surface area contributed by atoms with Crippen molar-refractivity contribution in [2.75, 3.05) is 13.2 Å². The summed E-state index contributed by atoms with van der Waals surface area (Å²) in [4.78, 5) is 38.1. The Kier molecular flexibility index (Phi) is 5.20. The molecule has 7 nitrogen and oxygen atoms in total. The molecule has 1 aromatic carbocycles. The van der Waals surface area contributed by atoms with E-state index in [2.05, 4.69) is 5.32 Å². The highest BCUT2D eigenvalue weighted by Gasteiger charge is 2.46. The molecule has 2 amide bonds. The fraction of sp³-hybridized carbons (Fsp3) is 0.318. The maximum atomic E-state index is 13.4. The van der Waals surface area contributed by atoms with Crippen LogP contribution in [0, 0.1) is 5.41 Å². The Balaban J connectivity index is 1.69. The maximum absolute atomic E-state index is 13.4. The van der Waals surface area contributed by atoms with Gasteiger partial charge in [0, 0.05) is 23.4 Å². The van der Waals surface area contributed by atoms with Gasteiger partial charge in [-0.1, -0.05) is 24.3 Å². The molecule has 0 aromatic heterocycles. The number of ether oxygens (including phenoxy) is 1. The van der Waals surface area contributed by atoms with E-state index in [9.17, 15) is 27.6 Å². The number of aliphatic hydroxyl groups is 1. The summed E-state index contributed by atoms with van der Waals surface area (Å²) in [5.41, 5.74) is -1.18. The van der Waals surface area contributed by atoms with Crippen molar-refractivity contribution in [3.63, 3.8) is 0 Å². The lowest BCUT2D eigenvalue weighted by Crippen LogP contribution is -2.45. The molecule has 1 aromatic rings. The third kappa shape index (κ3) is 3.60. The molecule has 1 saturated heterocycles. The van der Waals surface area contributed by atoms with Gasteiger partial charge in [-0.15, -0.1) is 0 Å². The number of hydrogen-bond acceptors (Lipinski definition) is 5. The van der Waals surface area contributed by atoms with E-state index >= 15 is 0 Å². The Labute approximate surface area is 180 Å². The van der Waals surface area contributed by atoms with Crippen molar-refractivity contribution in [1.29, 1.82) is 0 Å². The van der Waals surface area contributed by atoms with Gasteiger partial charge in [-0.25, -0.2) is 4.79 Å². The SMILES string of the molecule is CC12CC(N3C[C@H](C(=O)CO)OC3=O)=CC=C1C=C(c1ccccc1C(F)(F)F)NC2=O. The van der Waals surface area contributed by atoms with Gasteiger partial charge in [-0.2, -0.15) is 13.2 Å². The molecule has 10 heteroatoms. The number of hydrogen-bond donors (Lipinski definition) is 2. The predicted molar refractivity (Wildman–Crippen MR) is 106 cm³/mol. The molecule has 3 aliphatic rings. The molecule has 2 atom stereocenters. The van der Waals surface area contributed by atoms with Gasteiger partial charge in [0.05, 0.1) is 17.5 Å². The van der Waals surface area contributed by atoms with Gasteiger partial charge < -0.3 is 15.2 Å². The highest BCUT2D eigenvalue weighted by molar-refractivity contribution is 5.98. The van der Waals surface area contributed by atoms with Crippen LogP contribution in [-0.4, -0.2) is 47.0 Å². The number of allylic oxidation sites excluding steroid dienone is 4. The summed E-state index contributed by atoms with van der Waals surface area (Å²) in [6.07, 6.45) is -1.73. The van der Waals surface area contributed by atoms with Crippen LogP contribution < -0.4 is 5.32 Å². The van der Waals surface area contributed by atoms with Gasteiger partial charge in [0.1, 0.15) is 6.61 Å². The first-order valence-corrected chi connectivity index (χ1v) is 9.77. The first-order chi connectivity index (χ1) is 15.0. The third-order valence-corrected chi connectivity index (χ3v) is 5.87. The number of aliphatic hydroxyl groups excluding tert-OH is 1. The first kappa shape index (κ1) is 21.8. The van der Waals surface area contributed by atoms with E-state index in [1.807, 2.05) is 0 Å². The molecule has 0 bridgehead atoms. The number of cyclic esters (lactones) is 1. The number of fused-ring (bicyclic) bond motifs is 1. The minimum Gasteiger partial charge on any atom is -0.436 e. The van der Waals surface area contributed by atoms with Crippen molar-refractivity contribution in [2.45, 2.75) is 25.6 Å². The standard InChI is InChI=1S/C22H19F3N2O5/c1-21-9-13(27-10-18(17(29)11-28)32-20(27)31)7-6-12(21)8-16(26-19(21)30)14-4-2-3-5-15(14)22(23,24)25/h2-8,18,28H,9-11H2,1H3,(H,26,30)/t18-,21?/m1/s1. The molecular weight excluding hydrogens is 429 g/mol. The molecule has 32 heavy (non-hydrogen) atoms. The lowest BCUT2D eigenvalue weighted by molar-refractivity contribution is -0.138. The monoisotopic (exact) mass is 448 g/mol. The molecule has 2 aliphatic heterocycles. The molecule has 2 N–H and O–H groups in total. The number of amides is 2.